The Morgan fingerprint density at radius 2 is 1.70 bits per heavy atom. The number of methoxy groups -OCH3 is 3. The number of carbonyl (C=O) groups excluding carboxylic acids is 1. The van der Waals surface area contributed by atoms with Crippen molar-refractivity contribution in [2.45, 2.75) is 6.04 Å². The van der Waals surface area contributed by atoms with Gasteiger partial charge in [-0.25, -0.2) is 0 Å². The summed E-state index contributed by atoms with van der Waals surface area (Å²) in [6, 6.07) is 12.7. The SMILES string of the molecule is COc1cc(C(=O)NC(c2ccccc2Cl)c2cc([N+](=O)[O-])c3cccnc3c2O)cc(OC)c1OC. The highest BCUT2D eigenvalue weighted by Crippen LogP contribution is 2.42. The van der Waals surface area contributed by atoms with Gasteiger partial charge in [0.15, 0.2) is 11.5 Å². The second kappa shape index (κ2) is 10.6. The number of nitro benzene ring substituents is 1. The van der Waals surface area contributed by atoms with Gasteiger partial charge >= 0.3 is 0 Å². The quantitative estimate of drug-likeness (QED) is 0.242. The van der Waals surface area contributed by atoms with Gasteiger partial charge in [-0.15, -0.1) is 0 Å². The molecule has 11 heteroatoms. The molecule has 0 radical (unpaired) electrons. The number of aromatic hydroxyl groups is 1. The third kappa shape index (κ3) is 4.78. The summed E-state index contributed by atoms with van der Waals surface area (Å²) in [5, 5.41) is 26.3. The average molecular weight is 524 g/mol. The molecule has 0 aliphatic rings. The second-order valence-corrected chi connectivity index (χ2v) is 8.24. The largest absolute Gasteiger partial charge is 0.505 e. The van der Waals surface area contributed by atoms with E-state index in [1.165, 1.54) is 57.9 Å². The Hall–Kier alpha value is -4.57. The first kappa shape index (κ1) is 25.5. The van der Waals surface area contributed by atoms with Gasteiger partial charge in [0.1, 0.15) is 11.3 Å². The lowest BCUT2D eigenvalue weighted by Crippen LogP contribution is -2.30. The van der Waals surface area contributed by atoms with Gasteiger partial charge in [0.25, 0.3) is 11.6 Å². The molecule has 37 heavy (non-hydrogen) atoms. The summed E-state index contributed by atoms with van der Waals surface area (Å²) in [5.74, 6) is -0.0916. The van der Waals surface area contributed by atoms with Crippen LogP contribution in [0.3, 0.4) is 0 Å². The van der Waals surface area contributed by atoms with Crippen molar-refractivity contribution in [3.63, 3.8) is 0 Å². The molecule has 3 aromatic carbocycles. The van der Waals surface area contributed by atoms with Crippen LogP contribution in [0.2, 0.25) is 5.02 Å². The smallest absolute Gasteiger partial charge is 0.279 e. The summed E-state index contributed by atoms with van der Waals surface area (Å²) < 4.78 is 16.0. The van der Waals surface area contributed by atoms with Crippen LogP contribution in [0.15, 0.2) is 60.8 Å². The third-order valence-electron chi connectivity index (χ3n) is 5.80. The van der Waals surface area contributed by atoms with E-state index in [4.69, 9.17) is 25.8 Å². The predicted molar refractivity (Wildman–Crippen MR) is 137 cm³/mol. The van der Waals surface area contributed by atoms with Gasteiger partial charge in [0.2, 0.25) is 5.75 Å². The minimum atomic E-state index is -1.08. The number of nitrogens with one attached hydrogen (secondary N) is 1. The van der Waals surface area contributed by atoms with Gasteiger partial charge in [0, 0.05) is 28.4 Å². The van der Waals surface area contributed by atoms with Crippen molar-refractivity contribution in [1.82, 2.24) is 10.3 Å². The lowest BCUT2D eigenvalue weighted by molar-refractivity contribution is -0.383. The van der Waals surface area contributed by atoms with E-state index in [1.807, 2.05) is 0 Å². The van der Waals surface area contributed by atoms with Gasteiger partial charge in [0.05, 0.1) is 37.7 Å². The number of carbonyl (C=O) groups is 1. The van der Waals surface area contributed by atoms with Gasteiger partial charge < -0.3 is 24.6 Å². The number of halogens is 1. The molecule has 0 aliphatic heterocycles. The number of nitro groups is 1. The highest BCUT2D eigenvalue weighted by molar-refractivity contribution is 6.31. The number of phenols is 1. The fraction of sp³-hybridized carbons (Fsp3) is 0.154. The monoisotopic (exact) mass is 523 g/mol. The van der Waals surface area contributed by atoms with E-state index in [2.05, 4.69) is 10.3 Å². The molecular formula is C26H22ClN3O7. The molecule has 1 heterocycles. The zero-order valence-corrected chi connectivity index (χ0v) is 20.8. The Morgan fingerprint density at radius 3 is 2.30 bits per heavy atom. The van der Waals surface area contributed by atoms with Crippen molar-refractivity contribution in [3.05, 3.63) is 92.6 Å². The summed E-state index contributed by atoms with van der Waals surface area (Å²) in [6.45, 7) is 0. The minimum Gasteiger partial charge on any atom is -0.505 e. The molecule has 2 N–H and O–H groups in total. The average Bonchev–Trinajstić information content (AvgIpc) is 2.91. The van der Waals surface area contributed by atoms with Crippen LogP contribution in [0, 0.1) is 10.1 Å². The van der Waals surface area contributed by atoms with E-state index in [0.717, 1.165) is 0 Å². The summed E-state index contributed by atoms with van der Waals surface area (Å²) in [5.41, 5.74) is 0.344. The number of aromatic nitrogens is 1. The predicted octanol–water partition coefficient (Wildman–Crippen LogP) is 5.05. The number of ether oxygens (including phenoxy) is 3. The highest BCUT2D eigenvalue weighted by atomic mass is 35.5. The maximum absolute atomic E-state index is 13.5. The Balaban J connectivity index is 1.90. The number of nitrogens with zero attached hydrogens (tertiary/aromatic N) is 2. The number of non-ortho nitro benzene ring substituents is 1. The number of benzene rings is 3. The maximum atomic E-state index is 13.5. The van der Waals surface area contributed by atoms with Crippen LogP contribution in [0.1, 0.15) is 27.5 Å². The van der Waals surface area contributed by atoms with E-state index >= 15 is 0 Å². The fourth-order valence-electron chi connectivity index (χ4n) is 4.06. The summed E-state index contributed by atoms with van der Waals surface area (Å²) >= 11 is 6.47. The van der Waals surface area contributed by atoms with Gasteiger partial charge in [-0.3, -0.25) is 19.9 Å². The van der Waals surface area contributed by atoms with Crippen LogP contribution in [0.25, 0.3) is 10.9 Å². The molecule has 0 fully saturated rings. The minimum absolute atomic E-state index is 0.0192. The molecule has 190 valence electrons. The number of hydrogen-bond donors (Lipinski definition) is 2. The summed E-state index contributed by atoms with van der Waals surface area (Å²) in [6.07, 6.45) is 1.41. The van der Waals surface area contributed by atoms with Gasteiger partial charge in [-0.2, -0.15) is 0 Å². The van der Waals surface area contributed by atoms with Crippen LogP contribution < -0.4 is 19.5 Å². The van der Waals surface area contributed by atoms with Crippen LogP contribution in [-0.2, 0) is 0 Å². The molecule has 0 saturated heterocycles. The van der Waals surface area contributed by atoms with Gasteiger partial charge in [-0.1, -0.05) is 29.8 Å². The van der Waals surface area contributed by atoms with E-state index in [1.54, 1.807) is 24.3 Å². The number of pyridine rings is 1. The zero-order valence-electron chi connectivity index (χ0n) is 20.0. The van der Waals surface area contributed by atoms with Gasteiger partial charge in [-0.05, 0) is 35.9 Å². The lowest BCUT2D eigenvalue weighted by atomic mass is 9.94. The molecule has 4 rings (SSSR count). The standard InChI is InChI=1S/C26H22ClN3O7/c1-35-20-11-14(12-21(36-2)25(20)37-3)26(32)29-22(15-7-4-5-9-18(15)27)17-13-19(30(33)34)16-8-6-10-28-23(16)24(17)31/h4-13,22,31H,1-3H3,(H,29,32). The number of phenolic OH excluding ortho intramolecular Hbond substituents is 1. The molecule has 1 amide bonds. The molecule has 0 spiro atoms. The molecule has 0 saturated carbocycles. The topological polar surface area (TPSA) is 133 Å². The van der Waals surface area contributed by atoms with E-state index in [9.17, 15) is 20.0 Å². The number of fused-ring (bicyclic) bond motifs is 1. The first-order valence-corrected chi connectivity index (χ1v) is 11.3. The van der Waals surface area contributed by atoms with Crippen molar-refractivity contribution in [2.24, 2.45) is 0 Å². The lowest BCUT2D eigenvalue weighted by Gasteiger charge is -2.23. The first-order chi connectivity index (χ1) is 17.8. The molecule has 1 atom stereocenters. The highest BCUT2D eigenvalue weighted by Gasteiger charge is 2.29. The van der Waals surface area contributed by atoms with E-state index in [0.29, 0.717) is 11.3 Å². The Bertz CT molecular complexity index is 1480. The summed E-state index contributed by atoms with van der Waals surface area (Å²) in [4.78, 5) is 29.0. The van der Waals surface area contributed by atoms with Crippen molar-refractivity contribution < 1.29 is 29.0 Å². The molecule has 0 bridgehead atoms. The Morgan fingerprint density at radius 1 is 1.03 bits per heavy atom. The molecule has 10 nitrogen and oxygen atoms in total. The normalized spacial score (nSPS) is 11.6. The molecule has 0 aliphatic carbocycles. The fourth-order valence-corrected chi connectivity index (χ4v) is 4.31. The van der Waals surface area contributed by atoms with Crippen LogP contribution in [0.5, 0.6) is 23.0 Å². The second-order valence-electron chi connectivity index (χ2n) is 7.83. The molecule has 1 unspecified atom stereocenters. The molecule has 1 aromatic heterocycles. The number of rotatable bonds is 8. The first-order valence-electron chi connectivity index (χ1n) is 10.9. The molecular weight excluding hydrogens is 502 g/mol. The van der Waals surface area contributed by atoms with Crippen LogP contribution in [-0.4, -0.2) is 42.3 Å². The van der Waals surface area contributed by atoms with E-state index in [-0.39, 0.29) is 50.0 Å². The number of hydrogen-bond acceptors (Lipinski definition) is 8. The van der Waals surface area contributed by atoms with Crippen molar-refractivity contribution in [1.29, 1.82) is 0 Å². The van der Waals surface area contributed by atoms with E-state index < -0.39 is 16.9 Å². The van der Waals surface area contributed by atoms with Crippen molar-refractivity contribution in [2.75, 3.05) is 21.3 Å². The summed E-state index contributed by atoms with van der Waals surface area (Å²) in [7, 11) is 4.28. The maximum Gasteiger partial charge on any atom is 0.279 e. The zero-order chi connectivity index (χ0) is 26.7. The Kier molecular flexibility index (Phi) is 7.30. The van der Waals surface area contributed by atoms with Crippen LogP contribution in [0.4, 0.5) is 5.69 Å². The van der Waals surface area contributed by atoms with Crippen molar-refractivity contribution >= 4 is 34.1 Å². The number of amides is 1. The van der Waals surface area contributed by atoms with Crippen molar-refractivity contribution in [3.8, 4) is 23.0 Å². The Labute approximate surface area is 216 Å². The van der Waals surface area contributed by atoms with Crippen LogP contribution >= 0.6 is 11.6 Å². The molecule has 4 aromatic rings. The third-order valence-corrected chi connectivity index (χ3v) is 6.14.